The number of phenols is 1. The third kappa shape index (κ3) is 4.90. The second-order valence-corrected chi connectivity index (χ2v) is 5.36. The van der Waals surface area contributed by atoms with Gasteiger partial charge in [-0.2, -0.15) is 0 Å². The van der Waals surface area contributed by atoms with E-state index in [1.807, 2.05) is 42.6 Å². The molecule has 21 heavy (non-hydrogen) atoms. The van der Waals surface area contributed by atoms with Gasteiger partial charge in [0.2, 0.25) is 0 Å². The van der Waals surface area contributed by atoms with Crippen molar-refractivity contribution >= 4 is 11.6 Å². The molecule has 0 aliphatic rings. The molecule has 2 aromatic carbocycles. The summed E-state index contributed by atoms with van der Waals surface area (Å²) in [7, 11) is 0. The van der Waals surface area contributed by atoms with Crippen LogP contribution < -0.4 is 17.7 Å². The Labute approximate surface area is 136 Å². The molecule has 0 bridgehead atoms. The predicted octanol–water partition coefficient (Wildman–Crippen LogP) is -0.765. The van der Waals surface area contributed by atoms with Crippen molar-refractivity contribution in [2.45, 2.75) is 25.6 Å². The van der Waals surface area contributed by atoms with E-state index >= 15 is 0 Å². The van der Waals surface area contributed by atoms with Gasteiger partial charge in [0.25, 0.3) is 0 Å². The first-order valence-electron chi connectivity index (χ1n) is 6.61. The standard InChI is InChI=1S/C16H18ClNO2.ClH/c1-11(16(20)12-5-3-2-4-6-12)18-10-13-9-14(17)7-8-15(13)19;/h2-9,11,16,18-20H,10H2,1H3;1H. The van der Waals surface area contributed by atoms with E-state index in [1.165, 1.54) is 0 Å². The van der Waals surface area contributed by atoms with Crippen LogP contribution in [0.3, 0.4) is 0 Å². The SMILES string of the molecule is CC([NH2+]Cc1cc(Cl)ccc1O)C(O)c1ccccc1.[Cl-]. The zero-order valence-corrected chi connectivity index (χ0v) is 13.2. The second-order valence-electron chi connectivity index (χ2n) is 4.93. The monoisotopic (exact) mass is 327 g/mol. The van der Waals surface area contributed by atoms with E-state index in [9.17, 15) is 10.2 Å². The molecule has 3 nitrogen and oxygen atoms in total. The van der Waals surface area contributed by atoms with Crippen molar-refractivity contribution in [2.24, 2.45) is 0 Å². The van der Waals surface area contributed by atoms with Gasteiger partial charge in [-0.3, -0.25) is 0 Å². The number of benzene rings is 2. The quantitative estimate of drug-likeness (QED) is 0.676. The number of hydrogen-bond donors (Lipinski definition) is 3. The first-order chi connectivity index (χ1) is 9.58. The number of nitrogens with two attached hydrogens (primary N) is 1. The molecule has 0 aromatic heterocycles. The van der Waals surface area contributed by atoms with Crippen molar-refractivity contribution in [1.82, 2.24) is 0 Å². The van der Waals surface area contributed by atoms with Crippen LogP contribution in [-0.2, 0) is 6.54 Å². The summed E-state index contributed by atoms with van der Waals surface area (Å²) in [5.41, 5.74) is 1.66. The minimum atomic E-state index is -0.544. The molecule has 0 saturated carbocycles. The number of halogens is 2. The molecule has 2 unspecified atom stereocenters. The maximum absolute atomic E-state index is 10.3. The molecule has 0 spiro atoms. The number of aliphatic hydroxyl groups excluding tert-OH is 1. The third-order valence-corrected chi connectivity index (χ3v) is 3.63. The smallest absolute Gasteiger partial charge is 0.130 e. The first kappa shape index (κ1) is 17.8. The second kappa shape index (κ2) is 8.25. The predicted molar refractivity (Wildman–Crippen MR) is 79.6 cm³/mol. The van der Waals surface area contributed by atoms with Crippen LogP contribution >= 0.6 is 11.6 Å². The Hall–Kier alpha value is -1.26. The molecule has 0 fully saturated rings. The molecule has 0 aliphatic heterocycles. The van der Waals surface area contributed by atoms with E-state index in [-0.39, 0.29) is 24.2 Å². The van der Waals surface area contributed by atoms with Gasteiger partial charge in [0.05, 0.1) is 0 Å². The van der Waals surface area contributed by atoms with Crippen LogP contribution in [-0.4, -0.2) is 16.3 Å². The van der Waals surface area contributed by atoms with Crippen LogP contribution in [0.25, 0.3) is 0 Å². The topological polar surface area (TPSA) is 57.1 Å². The van der Waals surface area contributed by atoms with Gasteiger partial charge in [-0.05, 0) is 30.7 Å². The summed E-state index contributed by atoms with van der Waals surface area (Å²) in [6.07, 6.45) is -0.544. The first-order valence-corrected chi connectivity index (χ1v) is 6.99. The molecular formula is C16H19Cl2NO2. The average Bonchev–Trinajstić information content (AvgIpc) is 2.48. The number of rotatable bonds is 5. The van der Waals surface area contributed by atoms with E-state index in [0.29, 0.717) is 11.6 Å². The van der Waals surface area contributed by atoms with Gasteiger partial charge in [0.1, 0.15) is 24.4 Å². The Morgan fingerprint density at radius 1 is 1.14 bits per heavy atom. The van der Waals surface area contributed by atoms with Crippen molar-refractivity contribution in [2.75, 3.05) is 0 Å². The summed E-state index contributed by atoms with van der Waals surface area (Å²) >= 11 is 5.92. The molecule has 2 aromatic rings. The van der Waals surface area contributed by atoms with Crippen LogP contribution in [0.4, 0.5) is 0 Å². The zero-order valence-electron chi connectivity index (χ0n) is 11.7. The highest BCUT2D eigenvalue weighted by Gasteiger charge is 2.19. The fraction of sp³-hybridized carbons (Fsp3) is 0.250. The van der Waals surface area contributed by atoms with Gasteiger partial charge >= 0.3 is 0 Å². The highest BCUT2D eigenvalue weighted by molar-refractivity contribution is 6.30. The minimum absolute atomic E-state index is 0. The Morgan fingerprint density at radius 3 is 2.48 bits per heavy atom. The summed E-state index contributed by atoms with van der Waals surface area (Å²) in [5.74, 6) is 0.229. The summed E-state index contributed by atoms with van der Waals surface area (Å²) in [4.78, 5) is 0. The summed E-state index contributed by atoms with van der Waals surface area (Å²) in [6, 6.07) is 14.5. The van der Waals surface area contributed by atoms with Crippen LogP contribution in [0.5, 0.6) is 5.75 Å². The fourth-order valence-corrected chi connectivity index (χ4v) is 2.31. The molecule has 0 amide bonds. The number of quaternary nitrogens is 1. The van der Waals surface area contributed by atoms with E-state index in [1.54, 1.807) is 18.2 Å². The summed E-state index contributed by atoms with van der Waals surface area (Å²) in [5, 5.41) is 22.6. The molecule has 0 aliphatic carbocycles. The van der Waals surface area contributed by atoms with E-state index in [4.69, 9.17) is 11.6 Å². The Balaban J connectivity index is 0.00000220. The Bertz CT molecular complexity index is 563. The van der Waals surface area contributed by atoms with E-state index in [0.717, 1.165) is 11.1 Å². The van der Waals surface area contributed by atoms with Gasteiger partial charge in [-0.15, -0.1) is 0 Å². The lowest BCUT2D eigenvalue weighted by Crippen LogP contribution is -3.00. The molecule has 2 atom stereocenters. The molecule has 0 radical (unpaired) electrons. The van der Waals surface area contributed by atoms with Crippen LogP contribution in [0.1, 0.15) is 24.2 Å². The van der Waals surface area contributed by atoms with Crippen molar-refractivity contribution < 1.29 is 27.9 Å². The van der Waals surface area contributed by atoms with Gasteiger partial charge in [-0.25, -0.2) is 0 Å². The normalized spacial score (nSPS) is 13.3. The molecular weight excluding hydrogens is 309 g/mol. The summed E-state index contributed by atoms with van der Waals surface area (Å²) < 4.78 is 0. The largest absolute Gasteiger partial charge is 1.00 e. The summed E-state index contributed by atoms with van der Waals surface area (Å²) in [6.45, 7) is 2.52. The van der Waals surface area contributed by atoms with E-state index in [2.05, 4.69) is 0 Å². The van der Waals surface area contributed by atoms with Crippen molar-refractivity contribution in [3.63, 3.8) is 0 Å². The highest BCUT2D eigenvalue weighted by Crippen LogP contribution is 2.20. The lowest BCUT2D eigenvalue weighted by molar-refractivity contribution is -0.709. The van der Waals surface area contributed by atoms with Crippen molar-refractivity contribution in [3.8, 4) is 5.75 Å². The number of hydrogen-bond acceptors (Lipinski definition) is 2. The lowest BCUT2D eigenvalue weighted by atomic mass is 10.0. The molecule has 2 rings (SSSR count). The lowest BCUT2D eigenvalue weighted by Gasteiger charge is -2.18. The van der Waals surface area contributed by atoms with Gasteiger partial charge in [0.15, 0.2) is 0 Å². The number of phenolic OH excluding ortho intramolecular Hbond substituents is 1. The van der Waals surface area contributed by atoms with Gasteiger partial charge < -0.3 is 27.9 Å². The number of aliphatic hydroxyl groups is 1. The van der Waals surface area contributed by atoms with Crippen molar-refractivity contribution in [1.29, 1.82) is 0 Å². The maximum atomic E-state index is 10.3. The molecule has 114 valence electrons. The third-order valence-electron chi connectivity index (χ3n) is 3.39. The number of aromatic hydroxyl groups is 1. The van der Waals surface area contributed by atoms with E-state index < -0.39 is 6.10 Å². The molecule has 4 N–H and O–H groups in total. The van der Waals surface area contributed by atoms with Crippen LogP contribution in [0, 0.1) is 0 Å². The van der Waals surface area contributed by atoms with Crippen LogP contribution in [0.2, 0.25) is 5.02 Å². The van der Waals surface area contributed by atoms with Crippen molar-refractivity contribution in [3.05, 3.63) is 64.7 Å². The zero-order chi connectivity index (χ0) is 14.5. The Kier molecular flexibility index (Phi) is 6.99. The molecule has 0 heterocycles. The van der Waals surface area contributed by atoms with Gasteiger partial charge in [0, 0.05) is 10.6 Å². The Morgan fingerprint density at radius 2 is 1.81 bits per heavy atom. The molecule has 0 saturated heterocycles. The average molecular weight is 328 g/mol. The van der Waals surface area contributed by atoms with Crippen LogP contribution in [0.15, 0.2) is 48.5 Å². The van der Waals surface area contributed by atoms with Gasteiger partial charge in [-0.1, -0.05) is 41.9 Å². The molecule has 5 heteroatoms. The highest BCUT2D eigenvalue weighted by atomic mass is 35.5. The fourth-order valence-electron chi connectivity index (χ4n) is 2.11. The maximum Gasteiger partial charge on any atom is 0.130 e. The minimum Gasteiger partial charge on any atom is -1.00 e.